The van der Waals surface area contributed by atoms with Crippen LogP contribution in [-0.4, -0.2) is 33.6 Å². The molecule has 0 aliphatic rings. The molecule has 19 heavy (non-hydrogen) atoms. The highest BCUT2D eigenvalue weighted by molar-refractivity contribution is 7.20. The molecule has 2 aromatic heterocycles. The molecule has 0 aliphatic heterocycles. The fraction of sp³-hybridized carbons (Fsp3) is 0.417. The summed E-state index contributed by atoms with van der Waals surface area (Å²) in [6.07, 6.45) is 1.97. The third-order valence-corrected chi connectivity index (χ3v) is 4.19. The molecule has 0 bridgehead atoms. The zero-order chi connectivity index (χ0) is 14.0. The van der Waals surface area contributed by atoms with Crippen LogP contribution in [0.1, 0.15) is 28.6 Å². The summed E-state index contributed by atoms with van der Waals surface area (Å²) in [5.41, 5.74) is 0.381. The van der Waals surface area contributed by atoms with Gasteiger partial charge in [-0.15, -0.1) is 11.3 Å². The third kappa shape index (κ3) is 2.52. The Kier molecular flexibility index (Phi) is 3.96. The number of aliphatic hydroxyl groups is 1. The van der Waals surface area contributed by atoms with E-state index in [1.807, 2.05) is 6.92 Å². The molecule has 3 N–H and O–H groups in total. The van der Waals surface area contributed by atoms with Crippen molar-refractivity contribution in [1.29, 1.82) is 0 Å². The van der Waals surface area contributed by atoms with Crippen LogP contribution < -0.4 is 10.9 Å². The summed E-state index contributed by atoms with van der Waals surface area (Å²) >= 11 is 1.18. The van der Waals surface area contributed by atoms with Gasteiger partial charge in [0.1, 0.15) is 4.83 Å². The van der Waals surface area contributed by atoms with Crippen molar-refractivity contribution >= 4 is 27.5 Å². The molecule has 0 radical (unpaired) electrons. The van der Waals surface area contributed by atoms with Crippen molar-refractivity contribution in [3.05, 3.63) is 27.1 Å². The van der Waals surface area contributed by atoms with E-state index in [0.29, 0.717) is 27.1 Å². The van der Waals surface area contributed by atoms with Gasteiger partial charge in [-0.05, 0) is 18.9 Å². The van der Waals surface area contributed by atoms with Crippen molar-refractivity contribution in [3.8, 4) is 0 Å². The van der Waals surface area contributed by atoms with Gasteiger partial charge in [-0.1, -0.05) is 6.92 Å². The van der Waals surface area contributed by atoms with Gasteiger partial charge < -0.3 is 15.4 Å². The van der Waals surface area contributed by atoms with Crippen molar-refractivity contribution in [2.45, 2.75) is 26.3 Å². The van der Waals surface area contributed by atoms with E-state index >= 15 is 0 Å². The Balaban J connectivity index is 2.41. The first-order valence-corrected chi connectivity index (χ1v) is 6.78. The molecule has 0 saturated carbocycles. The van der Waals surface area contributed by atoms with Crippen LogP contribution in [0.3, 0.4) is 0 Å². The van der Waals surface area contributed by atoms with Crippen LogP contribution in [0.15, 0.2) is 11.1 Å². The number of thiophene rings is 1. The first-order valence-electron chi connectivity index (χ1n) is 5.97. The predicted octanol–water partition coefficient (Wildman–Crippen LogP) is 0.794. The molecule has 7 heteroatoms. The van der Waals surface area contributed by atoms with E-state index in [9.17, 15) is 9.59 Å². The van der Waals surface area contributed by atoms with Crippen molar-refractivity contribution in [3.63, 3.8) is 0 Å². The number of carbonyl (C=O) groups excluding carboxylic acids is 1. The third-order valence-electron chi connectivity index (χ3n) is 2.99. The average molecular weight is 281 g/mol. The summed E-state index contributed by atoms with van der Waals surface area (Å²) in [7, 11) is 0. The Morgan fingerprint density at radius 1 is 1.63 bits per heavy atom. The van der Waals surface area contributed by atoms with Crippen molar-refractivity contribution in [2.75, 3.05) is 6.61 Å². The summed E-state index contributed by atoms with van der Waals surface area (Å²) in [5.74, 6) is -0.277. The molecule has 1 atom stereocenters. The number of aliphatic hydroxyl groups excluding tert-OH is 1. The van der Waals surface area contributed by atoms with Gasteiger partial charge in [0.2, 0.25) is 0 Å². The molecule has 2 aromatic rings. The molecular weight excluding hydrogens is 266 g/mol. The van der Waals surface area contributed by atoms with Crippen molar-refractivity contribution in [1.82, 2.24) is 15.3 Å². The molecular formula is C12H15N3O3S. The molecule has 0 unspecified atom stereocenters. The minimum absolute atomic E-state index is 0.106. The highest BCUT2D eigenvalue weighted by atomic mass is 32.1. The number of H-pyrrole nitrogens is 1. The summed E-state index contributed by atoms with van der Waals surface area (Å²) in [6.45, 7) is 3.50. The molecule has 0 saturated heterocycles. The van der Waals surface area contributed by atoms with Gasteiger partial charge in [0.25, 0.3) is 11.5 Å². The first kappa shape index (κ1) is 13.7. The van der Waals surface area contributed by atoms with Crippen LogP contribution in [0, 0.1) is 6.92 Å². The van der Waals surface area contributed by atoms with Crippen LogP contribution in [0.2, 0.25) is 0 Å². The second-order valence-corrected chi connectivity index (χ2v) is 5.23. The smallest absolute Gasteiger partial charge is 0.262 e. The zero-order valence-corrected chi connectivity index (χ0v) is 11.5. The maximum Gasteiger partial charge on any atom is 0.262 e. The number of carbonyl (C=O) groups is 1. The van der Waals surface area contributed by atoms with Gasteiger partial charge in [0.15, 0.2) is 0 Å². The van der Waals surface area contributed by atoms with E-state index in [0.717, 1.165) is 0 Å². The highest BCUT2D eigenvalue weighted by Gasteiger charge is 2.19. The summed E-state index contributed by atoms with van der Waals surface area (Å²) in [4.78, 5) is 31.4. The molecule has 0 aliphatic carbocycles. The number of aryl methyl sites for hydroxylation is 1. The maximum absolute atomic E-state index is 12.1. The van der Waals surface area contributed by atoms with E-state index in [2.05, 4.69) is 15.3 Å². The fourth-order valence-electron chi connectivity index (χ4n) is 1.82. The maximum atomic E-state index is 12.1. The topological polar surface area (TPSA) is 95.1 Å². The summed E-state index contributed by atoms with van der Waals surface area (Å²) in [5, 5.41) is 12.3. The second kappa shape index (κ2) is 5.50. The molecule has 1 amide bonds. The largest absolute Gasteiger partial charge is 0.394 e. The van der Waals surface area contributed by atoms with Gasteiger partial charge in [0.05, 0.1) is 29.2 Å². The van der Waals surface area contributed by atoms with Crippen LogP contribution >= 0.6 is 11.3 Å². The number of nitrogens with zero attached hydrogens (tertiary/aromatic N) is 1. The summed E-state index contributed by atoms with van der Waals surface area (Å²) < 4.78 is 0. The van der Waals surface area contributed by atoms with Crippen LogP contribution in [-0.2, 0) is 0 Å². The molecule has 0 fully saturated rings. The lowest BCUT2D eigenvalue weighted by Gasteiger charge is -2.13. The number of nitrogens with one attached hydrogen (secondary N) is 2. The predicted molar refractivity (Wildman–Crippen MR) is 73.6 cm³/mol. The molecule has 0 spiro atoms. The summed E-state index contributed by atoms with van der Waals surface area (Å²) in [6, 6.07) is -0.275. The van der Waals surface area contributed by atoms with Gasteiger partial charge >= 0.3 is 0 Å². The molecule has 2 rings (SSSR count). The van der Waals surface area contributed by atoms with Gasteiger partial charge in [0, 0.05) is 0 Å². The number of aromatic amines is 1. The second-order valence-electron chi connectivity index (χ2n) is 4.23. The van der Waals surface area contributed by atoms with Crippen LogP contribution in [0.5, 0.6) is 0 Å². The van der Waals surface area contributed by atoms with E-state index in [1.54, 1.807) is 6.92 Å². The Hall–Kier alpha value is -1.73. The minimum Gasteiger partial charge on any atom is -0.394 e. The standard InChI is InChI=1S/C12H15N3O3S/c1-3-7(4-16)15-11(18)9-6(2)8-10(17)13-5-14-12(8)19-9/h5,7,16H,3-4H2,1-2H3,(H,15,18)(H,13,14,17)/t7-/m1/s1. The Morgan fingerprint density at radius 2 is 2.37 bits per heavy atom. The number of amides is 1. The lowest BCUT2D eigenvalue weighted by atomic mass is 10.2. The first-order chi connectivity index (χ1) is 9.08. The quantitative estimate of drug-likeness (QED) is 0.772. The Bertz CT molecular complexity index is 658. The normalized spacial score (nSPS) is 12.6. The van der Waals surface area contributed by atoms with E-state index in [4.69, 9.17) is 5.11 Å². The number of hydrogen-bond donors (Lipinski definition) is 3. The van der Waals surface area contributed by atoms with Crippen LogP contribution in [0.4, 0.5) is 0 Å². The molecule has 0 aromatic carbocycles. The monoisotopic (exact) mass is 281 g/mol. The van der Waals surface area contributed by atoms with Gasteiger partial charge in [-0.25, -0.2) is 4.98 Å². The van der Waals surface area contributed by atoms with Crippen LogP contribution in [0.25, 0.3) is 10.2 Å². The molecule has 102 valence electrons. The minimum atomic E-state index is -0.277. The van der Waals surface area contributed by atoms with Crippen molar-refractivity contribution < 1.29 is 9.90 Å². The van der Waals surface area contributed by atoms with E-state index < -0.39 is 0 Å². The van der Waals surface area contributed by atoms with E-state index in [-0.39, 0.29) is 24.1 Å². The average Bonchev–Trinajstić information content (AvgIpc) is 2.74. The fourth-order valence-corrected chi connectivity index (χ4v) is 2.88. The lowest BCUT2D eigenvalue weighted by Crippen LogP contribution is -2.36. The number of fused-ring (bicyclic) bond motifs is 1. The van der Waals surface area contributed by atoms with Crippen molar-refractivity contribution in [2.24, 2.45) is 0 Å². The molecule has 2 heterocycles. The molecule has 6 nitrogen and oxygen atoms in total. The number of aromatic nitrogens is 2. The lowest BCUT2D eigenvalue weighted by molar-refractivity contribution is 0.0918. The zero-order valence-electron chi connectivity index (χ0n) is 10.7. The SMILES string of the molecule is CC[C@H](CO)NC(=O)c1sc2nc[nH]c(=O)c2c1C. The van der Waals surface area contributed by atoms with E-state index in [1.165, 1.54) is 17.7 Å². The number of rotatable bonds is 4. The Labute approximate surface area is 113 Å². The number of hydrogen-bond acceptors (Lipinski definition) is 5. The highest BCUT2D eigenvalue weighted by Crippen LogP contribution is 2.26. The van der Waals surface area contributed by atoms with Gasteiger partial charge in [-0.2, -0.15) is 0 Å². The Morgan fingerprint density at radius 3 is 2.95 bits per heavy atom. The van der Waals surface area contributed by atoms with Gasteiger partial charge in [-0.3, -0.25) is 9.59 Å².